The zero-order valence-corrected chi connectivity index (χ0v) is 14.9. The molecule has 3 heterocycles. The fraction of sp³-hybridized carbons (Fsp3) is 0.556. The number of piperidine rings is 1. The minimum atomic E-state index is -4.38. The summed E-state index contributed by atoms with van der Waals surface area (Å²) in [5.41, 5.74) is -0.729. The van der Waals surface area contributed by atoms with Gasteiger partial charge in [0.15, 0.2) is 0 Å². The molecule has 4 rings (SSSR count). The zero-order valence-electron chi connectivity index (χ0n) is 14.9. The second-order valence-corrected chi connectivity index (χ2v) is 7.21. The summed E-state index contributed by atoms with van der Waals surface area (Å²) in [6.45, 7) is 1.75. The van der Waals surface area contributed by atoms with Crippen molar-refractivity contribution in [3.05, 3.63) is 29.8 Å². The average Bonchev–Trinajstić information content (AvgIpc) is 2.63. The van der Waals surface area contributed by atoms with Crippen LogP contribution in [-0.4, -0.2) is 72.8 Å². The van der Waals surface area contributed by atoms with E-state index in [-0.39, 0.29) is 36.8 Å². The predicted octanol–water partition coefficient (Wildman–Crippen LogP) is 1.48. The van der Waals surface area contributed by atoms with E-state index in [0.29, 0.717) is 38.3 Å². The minimum Gasteiger partial charge on any atom is -0.487 e. The van der Waals surface area contributed by atoms with Gasteiger partial charge in [0.2, 0.25) is 5.91 Å². The molecule has 1 N–H and O–H groups in total. The molecule has 0 saturated carbocycles. The van der Waals surface area contributed by atoms with Gasteiger partial charge in [0.25, 0.3) is 0 Å². The SMILES string of the molecule is O=C1COC2CCN(C(=O)N3CC(Oc4ccc(C(F)(F)F)cc4)C3)C[C@H]2N1. The topological polar surface area (TPSA) is 71.1 Å². The maximum atomic E-state index is 12.6. The van der Waals surface area contributed by atoms with Crippen LogP contribution in [0.15, 0.2) is 24.3 Å². The lowest BCUT2D eigenvalue weighted by Gasteiger charge is -2.45. The number of carbonyl (C=O) groups is 2. The third kappa shape index (κ3) is 3.87. The fourth-order valence-electron chi connectivity index (χ4n) is 3.66. The second kappa shape index (κ2) is 7.16. The number of carbonyl (C=O) groups excluding carboxylic acids is 2. The Labute approximate surface area is 159 Å². The molecule has 0 aliphatic carbocycles. The van der Waals surface area contributed by atoms with E-state index in [4.69, 9.17) is 9.47 Å². The van der Waals surface area contributed by atoms with Crippen molar-refractivity contribution in [3.8, 4) is 5.75 Å². The maximum Gasteiger partial charge on any atom is 0.416 e. The number of hydrogen-bond donors (Lipinski definition) is 1. The minimum absolute atomic E-state index is 0.0597. The molecular formula is C18H20F3N3O4. The summed E-state index contributed by atoms with van der Waals surface area (Å²) >= 11 is 0. The van der Waals surface area contributed by atoms with E-state index in [1.54, 1.807) is 9.80 Å². The molecule has 3 amide bonds. The first-order valence-electron chi connectivity index (χ1n) is 9.08. The second-order valence-electron chi connectivity index (χ2n) is 7.21. The van der Waals surface area contributed by atoms with Crippen LogP contribution in [0.2, 0.25) is 0 Å². The summed E-state index contributed by atoms with van der Waals surface area (Å²) in [6, 6.07) is 4.18. The highest BCUT2D eigenvalue weighted by Crippen LogP contribution is 2.31. The normalized spacial score (nSPS) is 25.6. The molecule has 3 aliphatic heterocycles. The van der Waals surface area contributed by atoms with Crippen LogP contribution in [0, 0.1) is 0 Å². The van der Waals surface area contributed by atoms with E-state index in [1.165, 1.54) is 12.1 Å². The molecule has 0 spiro atoms. The highest BCUT2D eigenvalue weighted by atomic mass is 19.4. The van der Waals surface area contributed by atoms with Crippen molar-refractivity contribution in [2.75, 3.05) is 32.8 Å². The molecule has 1 aromatic carbocycles. The number of benzene rings is 1. The summed E-state index contributed by atoms with van der Waals surface area (Å²) in [4.78, 5) is 27.4. The number of nitrogens with zero attached hydrogens (tertiary/aromatic N) is 2. The van der Waals surface area contributed by atoms with Crippen LogP contribution in [-0.2, 0) is 15.7 Å². The monoisotopic (exact) mass is 399 g/mol. The van der Waals surface area contributed by atoms with Crippen molar-refractivity contribution in [2.45, 2.75) is 30.8 Å². The predicted molar refractivity (Wildman–Crippen MR) is 90.7 cm³/mol. The van der Waals surface area contributed by atoms with Crippen LogP contribution in [0.3, 0.4) is 0 Å². The highest BCUT2D eigenvalue weighted by Gasteiger charge is 2.40. The number of ether oxygens (including phenoxy) is 2. The largest absolute Gasteiger partial charge is 0.487 e. The number of nitrogens with one attached hydrogen (secondary N) is 1. The van der Waals surface area contributed by atoms with Crippen molar-refractivity contribution in [1.82, 2.24) is 15.1 Å². The maximum absolute atomic E-state index is 12.6. The lowest BCUT2D eigenvalue weighted by atomic mass is 10.0. The smallest absolute Gasteiger partial charge is 0.416 e. The van der Waals surface area contributed by atoms with Crippen molar-refractivity contribution < 1.29 is 32.2 Å². The molecular weight excluding hydrogens is 379 g/mol. The number of likely N-dealkylation sites (tertiary alicyclic amines) is 2. The van der Waals surface area contributed by atoms with Gasteiger partial charge in [-0.05, 0) is 30.7 Å². The molecule has 10 heteroatoms. The molecule has 2 atom stereocenters. The highest BCUT2D eigenvalue weighted by molar-refractivity contribution is 5.79. The molecule has 7 nitrogen and oxygen atoms in total. The standard InChI is InChI=1S/C18H20F3N3O4/c19-18(20,21)11-1-3-12(4-2-11)28-13-7-24(8-13)17(26)23-6-5-15-14(9-23)22-16(25)10-27-15/h1-4,13-15H,5-10H2,(H,22,25)/t14-,15?/m1/s1. The first-order valence-corrected chi connectivity index (χ1v) is 9.08. The fourth-order valence-corrected chi connectivity index (χ4v) is 3.66. The summed E-state index contributed by atoms with van der Waals surface area (Å²) in [7, 11) is 0. The van der Waals surface area contributed by atoms with Crippen molar-refractivity contribution in [3.63, 3.8) is 0 Å². The Hall–Kier alpha value is -2.49. The number of morpholine rings is 1. The molecule has 0 aromatic heterocycles. The zero-order chi connectivity index (χ0) is 19.9. The number of hydrogen-bond acceptors (Lipinski definition) is 4. The van der Waals surface area contributed by atoms with Crippen LogP contribution in [0.1, 0.15) is 12.0 Å². The van der Waals surface area contributed by atoms with E-state index < -0.39 is 11.7 Å². The molecule has 3 saturated heterocycles. The number of halogens is 3. The van der Waals surface area contributed by atoms with Crippen LogP contribution in [0.5, 0.6) is 5.75 Å². The summed E-state index contributed by atoms with van der Waals surface area (Å²) in [5.74, 6) is 0.164. The van der Waals surface area contributed by atoms with E-state index in [1.807, 2.05) is 0 Å². The van der Waals surface area contributed by atoms with Crippen LogP contribution >= 0.6 is 0 Å². The van der Waals surface area contributed by atoms with Gasteiger partial charge >= 0.3 is 12.2 Å². The van der Waals surface area contributed by atoms with Crippen molar-refractivity contribution >= 4 is 11.9 Å². The Kier molecular flexibility index (Phi) is 4.82. The molecule has 3 fully saturated rings. The van der Waals surface area contributed by atoms with Gasteiger partial charge in [-0.1, -0.05) is 0 Å². The summed E-state index contributed by atoms with van der Waals surface area (Å²) in [5, 5.41) is 2.85. The third-order valence-corrected chi connectivity index (χ3v) is 5.20. The van der Waals surface area contributed by atoms with Gasteiger partial charge in [0, 0.05) is 13.1 Å². The Morgan fingerprint density at radius 3 is 2.54 bits per heavy atom. The van der Waals surface area contributed by atoms with Gasteiger partial charge in [-0.15, -0.1) is 0 Å². The summed E-state index contributed by atoms with van der Waals surface area (Å²) in [6.07, 6.45) is -4.03. The van der Waals surface area contributed by atoms with Gasteiger partial charge in [0.1, 0.15) is 18.5 Å². The van der Waals surface area contributed by atoms with Gasteiger partial charge in [-0.3, -0.25) is 4.79 Å². The van der Waals surface area contributed by atoms with Gasteiger partial charge in [-0.25, -0.2) is 4.79 Å². The molecule has 0 radical (unpaired) electrons. The molecule has 0 bridgehead atoms. The Balaban J connectivity index is 1.26. The third-order valence-electron chi connectivity index (χ3n) is 5.20. The number of rotatable bonds is 2. The molecule has 1 unspecified atom stereocenters. The molecule has 28 heavy (non-hydrogen) atoms. The number of amides is 3. The average molecular weight is 399 g/mol. The Morgan fingerprint density at radius 2 is 1.86 bits per heavy atom. The van der Waals surface area contributed by atoms with Crippen molar-refractivity contribution in [1.29, 1.82) is 0 Å². The van der Waals surface area contributed by atoms with Gasteiger partial charge in [0.05, 0.1) is 30.8 Å². The van der Waals surface area contributed by atoms with E-state index in [2.05, 4.69) is 5.32 Å². The van der Waals surface area contributed by atoms with Crippen molar-refractivity contribution in [2.24, 2.45) is 0 Å². The molecule has 3 aliphatic rings. The molecule has 1 aromatic rings. The van der Waals surface area contributed by atoms with Crippen LogP contribution < -0.4 is 10.1 Å². The van der Waals surface area contributed by atoms with Crippen LogP contribution in [0.4, 0.5) is 18.0 Å². The van der Waals surface area contributed by atoms with Gasteiger partial charge < -0.3 is 24.6 Å². The first kappa shape index (κ1) is 18.9. The van der Waals surface area contributed by atoms with Gasteiger partial charge in [-0.2, -0.15) is 13.2 Å². The molecule has 152 valence electrons. The van der Waals surface area contributed by atoms with E-state index >= 15 is 0 Å². The Bertz CT molecular complexity index is 749. The quantitative estimate of drug-likeness (QED) is 0.818. The Morgan fingerprint density at radius 1 is 1.14 bits per heavy atom. The lowest BCUT2D eigenvalue weighted by Crippen LogP contribution is -2.65. The lowest BCUT2D eigenvalue weighted by molar-refractivity contribution is -0.140. The van der Waals surface area contributed by atoms with E-state index in [0.717, 1.165) is 12.1 Å². The number of alkyl halides is 3. The summed E-state index contributed by atoms with van der Waals surface area (Å²) < 4.78 is 48.9. The number of fused-ring (bicyclic) bond motifs is 1. The van der Waals surface area contributed by atoms with Crippen LogP contribution in [0.25, 0.3) is 0 Å². The van der Waals surface area contributed by atoms with E-state index in [9.17, 15) is 22.8 Å². The number of urea groups is 1. The first-order chi connectivity index (χ1) is 13.3.